The van der Waals surface area contributed by atoms with Crippen LogP contribution in [0, 0.1) is 0 Å². The molecular formula is C59H36Br2N2. The summed E-state index contributed by atoms with van der Waals surface area (Å²) in [4.78, 5) is 11.1. The molecule has 2 aliphatic rings. The van der Waals surface area contributed by atoms with Gasteiger partial charge in [0.15, 0.2) is 0 Å². The van der Waals surface area contributed by atoms with Crippen LogP contribution in [0.5, 0.6) is 0 Å². The van der Waals surface area contributed by atoms with Crippen LogP contribution in [0.1, 0.15) is 44.5 Å². The maximum atomic E-state index is 5.56. The van der Waals surface area contributed by atoms with Gasteiger partial charge in [-0.25, -0.2) is 9.98 Å². The van der Waals surface area contributed by atoms with E-state index in [-0.39, 0.29) is 0 Å². The Morgan fingerprint density at radius 3 is 1.14 bits per heavy atom. The Kier molecular flexibility index (Phi) is 9.07. The van der Waals surface area contributed by atoms with E-state index in [1.54, 1.807) is 0 Å². The van der Waals surface area contributed by atoms with Gasteiger partial charge < -0.3 is 0 Å². The van der Waals surface area contributed by atoms with Gasteiger partial charge in [-0.1, -0.05) is 202 Å². The van der Waals surface area contributed by atoms with Crippen molar-refractivity contribution in [3.63, 3.8) is 0 Å². The number of benzene rings is 10. The van der Waals surface area contributed by atoms with Crippen molar-refractivity contribution in [2.75, 3.05) is 0 Å². The standard InChI is InChI=1S/C59H36Br2N2/c60-43-29-23-39(24-30-43)57(62-55-21-9-13-37-11-1-3-15-45(37)55)41-27-33-49-47-17-5-7-19-51(47)59(53(49)35-41)52-20-8-6-18-48(52)50-34-28-42(36-54(50)59)58(40-25-31-44(61)32-26-40)63-56-22-10-14-38-12-2-4-16-46(38)56/h1-36H/b62-57+,63-58+. The Balaban J connectivity index is 1.12. The Morgan fingerprint density at radius 2 is 0.683 bits per heavy atom. The van der Waals surface area contributed by atoms with Crippen LogP contribution in [-0.4, -0.2) is 11.4 Å². The summed E-state index contributed by atoms with van der Waals surface area (Å²) in [5, 5.41) is 4.58. The average molecular weight is 933 g/mol. The molecule has 296 valence electrons. The summed E-state index contributed by atoms with van der Waals surface area (Å²) in [5.41, 5.74) is 17.4. The molecule has 0 N–H and O–H groups in total. The Labute approximate surface area is 383 Å². The van der Waals surface area contributed by atoms with E-state index >= 15 is 0 Å². The lowest BCUT2D eigenvalue weighted by atomic mass is 9.70. The molecule has 10 aromatic rings. The van der Waals surface area contributed by atoms with Gasteiger partial charge in [-0.15, -0.1) is 0 Å². The van der Waals surface area contributed by atoms with Crippen molar-refractivity contribution in [2.45, 2.75) is 5.41 Å². The van der Waals surface area contributed by atoms with Crippen LogP contribution < -0.4 is 0 Å². The first kappa shape index (κ1) is 37.8. The SMILES string of the molecule is Brc1ccc(/C(=N\c2cccc3ccccc23)c2ccc3c(c2)C2(c4ccccc4-3)c3ccccc3-c3ccc(/C(=N/c4cccc5ccccc45)c4ccc(Br)cc4)cc32)cc1. The first-order valence-corrected chi connectivity index (χ1v) is 22.8. The fourth-order valence-electron chi connectivity index (χ4n) is 10.1. The molecule has 0 unspecified atom stereocenters. The number of hydrogen-bond acceptors (Lipinski definition) is 2. The highest BCUT2D eigenvalue weighted by molar-refractivity contribution is 9.10. The molecule has 2 aliphatic carbocycles. The third-order valence-corrected chi connectivity index (χ3v) is 13.9. The minimum atomic E-state index is -0.599. The lowest BCUT2D eigenvalue weighted by molar-refractivity contribution is 0.793. The summed E-state index contributed by atoms with van der Waals surface area (Å²) in [6, 6.07) is 78.9. The predicted molar refractivity (Wildman–Crippen MR) is 270 cm³/mol. The fourth-order valence-corrected chi connectivity index (χ4v) is 10.6. The molecule has 0 amide bonds. The second-order valence-electron chi connectivity index (χ2n) is 16.3. The van der Waals surface area contributed by atoms with E-state index in [1.807, 2.05) is 0 Å². The lowest BCUT2D eigenvalue weighted by Crippen LogP contribution is -2.26. The van der Waals surface area contributed by atoms with E-state index in [1.165, 1.54) is 55.3 Å². The zero-order valence-electron chi connectivity index (χ0n) is 33.9. The van der Waals surface area contributed by atoms with Gasteiger partial charge in [0.2, 0.25) is 0 Å². The lowest BCUT2D eigenvalue weighted by Gasteiger charge is -2.31. The average Bonchev–Trinajstić information content (AvgIpc) is 3.80. The van der Waals surface area contributed by atoms with Gasteiger partial charge in [0.25, 0.3) is 0 Å². The van der Waals surface area contributed by atoms with E-state index in [2.05, 4.69) is 250 Å². The van der Waals surface area contributed by atoms with E-state index in [0.717, 1.165) is 64.8 Å². The van der Waals surface area contributed by atoms with Gasteiger partial charge >= 0.3 is 0 Å². The number of fused-ring (bicyclic) bond motifs is 12. The van der Waals surface area contributed by atoms with E-state index in [9.17, 15) is 0 Å². The fraction of sp³-hybridized carbons (Fsp3) is 0.0169. The first-order chi connectivity index (χ1) is 31.0. The van der Waals surface area contributed by atoms with Crippen LogP contribution in [0.25, 0.3) is 43.8 Å². The predicted octanol–water partition coefficient (Wildman–Crippen LogP) is 16.2. The molecular weight excluding hydrogens is 896 g/mol. The van der Waals surface area contributed by atoms with Gasteiger partial charge in [0.1, 0.15) is 0 Å². The molecule has 12 rings (SSSR count). The number of hydrogen-bond donors (Lipinski definition) is 0. The molecule has 63 heavy (non-hydrogen) atoms. The highest BCUT2D eigenvalue weighted by Crippen LogP contribution is 2.63. The molecule has 0 fully saturated rings. The van der Waals surface area contributed by atoms with Crippen LogP contribution in [0.2, 0.25) is 0 Å². The normalized spacial score (nSPS) is 15.1. The molecule has 1 spiro atoms. The summed E-state index contributed by atoms with van der Waals surface area (Å²) >= 11 is 7.38. The van der Waals surface area contributed by atoms with Gasteiger partial charge in [-0.05, 0) is 104 Å². The molecule has 10 aromatic carbocycles. The molecule has 0 saturated carbocycles. The van der Waals surface area contributed by atoms with Gasteiger partial charge in [-0.3, -0.25) is 0 Å². The second kappa shape index (κ2) is 15.1. The minimum absolute atomic E-state index is 0.599. The number of nitrogens with zero attached hydrogens (tertiary/aromatic N) is 2. The van der Waals surface area contributed by atoms with Crippen LogP contribution in [0.15, 0.2) is 237 Å². The van der Waals surface area contributed by atoms with Crippen molar-refractivity contribution < 1.29 is 0 Å². The monoisotopic (exact) mass is 930 g/mol. The summed E-state index contributed by atoms with van der Waals surface area (Å²) < 4.78 is 2.06. The Bertz CT molecular complexity index is 3280. The van der Waals surface area contributed by atoms with Crippen molar-refractivity contribution in [2.24, 2.45) is 9.98 Å². The van der Waals surface area contributed by atoms with Crippen LogP contribution >= 0.6 is 31.9 Å². The molecule has 2 nitrogen and oxygen atoms in total. The zero-order valence-corrected chi connectivity index (χ0v) is 37.1. The smallest absolute Gasteiger partial charge is 0.0781 e. The highest BCUT2D eigenvalue weighted by Gasteiger charge is 2.52. The molecule has 0 aromatic heterocycles. The molecule has 0 aliphatic heterocycles. The topological polar surface area (TPSA) is 24.7 Å². The first-order valence-electron chi connectivity index (χ1n) is 21.2. The molecule has 0 radical (unpaired) electrons. The van der Waals surface area contributed by atoms with Crippen LogP contribution in [-0.2, 0) is 5.41 Å². The third-order valence-electron chi connectivity index (χ3n) is 12.9. The van der Waals surface area contributed by atoms with E-state index in [0.29, 0.717) is 0 Å². The second-order valence-corrected chi connectivity index (χ2v) is 18.1. The van der Waals surface area contributed by atoms with Gasteiger partial charge in [0, 0.05) is 42.0 Å². The summed E-state index contributed by atoms with van der Waals surface area (Å²) in [6.45, 7) is 0. The molecule has 0 saturated heterocycles. The maximum absolute atomic E-state index is 5.56. The number of halogens is 2. The van der Waals surface area contributed by atoms with Gasteiger partial charge in [-0.2, -0.15) is 0 Å². The van der Waals surface area contributed by atoms with Gasteiger partial charge in [0.05, 0.1) is 28.2 Å². The maximum Gasteiger partial charge on any atom is 0.0781 e. The molecule has 0 heterocycles. The number of aliphatic imine (C=N–C) groups is 2. The highest BCUT2D eigenvalue weighted by atomic mass is 79.9. The third kappa shape index (κ3) is 6.12. The summed E-state index contributed by atoms with van der Waals surface area (Å²) in [6.07, 6.45) is 0. The quantitative estimate of drug-likeness (QED) is 0.148. The van der Waals surface area contributed by atoms with Crippen LogP contribution in [0.3, 0.4) is 0 Å². The van der Waals surface area contributed by atoms with Crippen molar-refractivity contribution in [3.8, 4) is 22.3 Å². The van der Waals surface area contributed by atoms with Crippen molar-refractivity contribution in [1.82, 2.24) is 0 Å². The molecule has 0 bridgehead atoms. The number of rotatable bonds is 6. The Morgan fingerprint density at radius 1 is 0.317 bits per heavy atom. The van der Waals surface area contributed by atoms with Crippen LogP contribution in [0.4, 0.5) is 11.4 Å². The van der Waals surface area contributed by atoms with E-state index < -0.39 is 5.41 Å². The van der Waals surface area contributed by atoms with Crippen molar-refractivity contribution >= 4 is 76.2 Å². The zero-order chi connectivity index (χ0) is 42.1. The van der Waals surface area contributed by atoms with Crippen molar-refractivity contribution in [1.29, 1.82) is 0 Å². The summed E-state index contributed by atoms with van der Waals surface area (Å²) in [7, 11) is 0. The summed E-state index contributed by atoms with van der Waals surface area (Å²) in [5.74, 6) is 0. The Hall–Kier alpha value is -6.98. The molecule has 4 heteroatoms. The largest absolute Gasteiger partial charge is 0.247 e. The minimum Gasteiger partial charge on any atom is -0.247 e. The van der Waals surface area contributed by atoms with Crippen molar-refractivity contribution in [3.05, 3.63) is 272 Å². The molecule has 0 atom stereocenters. The van der Waals surface area contributed by atoms with E-state index in [4.69, 9.17) is 9.98 Å².